The van der Waals surface area contributed by atoms with Gasteiger partial charge in [-0.2, -0.15) is 8.78 Å². The van der Waals surface area contributed by atoms with Crippen molar-refractivity contribution in [1.82, 2.24) is 34.4 Å². The van der Waals surface area contributed by atoms with Gasteiger partial charge in [-0.05, 0) is 44.0 Å². The second-order valence-electron chi connectivity index (χ2n) is 9.36. The summed E-state index contributed by atoms with van der Waals surface area (Å²) in [6, 6.07) is 5.48. The minimum atomic E-state index is -2.91. The molecule has 1 amide bonds. The third-order valence-electron chi connectivity index (χ3n) is 6.89. The zero-order chi connectivity index (χ0) is 30.6. The van der Waals surface area contributed by atoms with Crippen LogP contribution in [0.5, 0.6) is 5.75 Å². The number of pyridine rings is 1. The molecule has 1 saturated heterocycles. The zero-order valence-corrected chi connectivity index (χ0v) is 23.3. The number of aliphatic hydroxyl groups excluding tert-OH is 1. The van der Waals surface area contributed by atoms with Crippen LogP contribution < -0.4 is 4.74 Å². The molecule has 0 spiro atoms. The molecular weight excluding hydrogens is 558 g/mol. The quantitative estimate of drug-likeness (QED) is 0.219. The molecule has 0 radical (unpaired) electrons. The number of rotatable bonds is 8. The summed E-state index contributed by atoms with van der Waals surface area (Å²) in [6.07, 6.45) is 1.92. The van der Waals surface area contributed by atoms with Gasteiger partial charge in [-0.1, -0.05) is 25.6 Å². The Labute approximate surface area is 239 Å². The molecule has 4 heterocycles. The Morgan fingerprint density at radius 3 is 2.50 bits per heavy atom. The molecule has 0 aliphatic carbocycles. The van der Waals surface area contributed by atoms with E-state index in [1.165, 1.54) is 17.0 Å². The molecular formula is C28H31F4N7O3. The molecule has 1 aromatic carbocycles. The predicted octanol–water partition coefficient (Wildman–Crippen LogP) is 5.32. The van der Waals surface area contributed by atoms with E-state index in [0.29, 0.717) is 47.4 Å². The Hall–Kier alpha value is -4.33. The van der Waals surface area contributed by atoms with Crippen molar-refractivity contribution in [3.63, 3.8) is 0 Å². The van der Waals surface area contributed by atoms with Gasteiger partial charge in [-0.3, -0.25) is 14.3 Å². The SMILES string of the molecule is C=C(F)C(=O)N1CCC(n2nnc(-c3cc(OC(CO)c4ccc(F)cn4)c4c(c3)ncn4C(F)F)c2C)CC1.CC. The smallest absolute Gasteiger partial charge is 0.320 e. The Kier molecular flexibility index (Phi) is 9.55. The van der Waals surface area contributed by atoms with Crippen molar-refractivity contribution in [2.75, 3.05) is 19.7 Å². The number of nitrogens with zero attached hydrogens (tertiary/aromatic N) is 7. The fourth-order valence-electron chi connectivity index (χ4n) is 4.87. The van der Waals surface area contributed by atoms with Crippen LogP contribution in [0.15, 0.2) is 49.2 Å². The summed E-state index contributed by atoms with van der Waals surface area (Å²) in [4.78, 5) is 21.4. The number of ether oxygens (including phenoxy) is 1. The van der Waals surface area contributed by atoms with E-state index in [-0.39, 0.29) is 28.5 Å². The van der Waals surface area contributed by atoms with Crippen molar-refractivity contribution in [1.29, 1.82) is 0 Å². The van der Waals surface area contributed by atoms with Crippen LogP contribution in [0.2, 0.25) is 0 Å². The summed E-state index contributed by atoms with van der Waals surface area (Å²) < 4.78 is 62.6. The monoisotopic (exact) mass is 589 g/mol. The molecule has 224 valence electrons. The van der Waals surface area contributed by atoms with Gasteiger partial charge in [-0.25, -0.2) is 18.4 Å². The number of piperidine rings is 1. The van der Waals surface area contributed by atoms with E-state index in [9.17, 15) is 27.5 Å². The summed E-state index contributed by atoms with van der Waals surface area (Å²) in [5.41, 5.74) is 2.01. The number of carbonyl (C=O) groups is 1. The standard InChI is InChI=1S/C26H25F4N7O3.C2H6/c1-14(27)25(39)35-7-5-18(6-8-35)37-15(2)23(33-34-37)16-9-20-24(36(13-32-20)26(29)30)21(10-16)40-22(12-38)19-4-3-17(28)11-31-19;1-2/h3-4,9-11,13,18,22,26,38H,1,5-8,12H2,2H3;1-2H3. The van der Waals surface area contributed by atoms with Crippen LogP contribution in [0.4, 0.5) is 17.6 Å². The maximum atomic E-state index is 13.8. The molecule has 1 fully saturated rings. The first kappa shape index (κ1) is 30.6. The molecule has 14 heteroatoms. The molecule has 0 saturated carbocycles. The molecule has 5 rings (SSSR count). The van der Waals surface area contributed by atoms with E-state index in [1.807, 2.05) is 13.8 Å². The summed E-state index contributed by atoms with van der Waals surface area (Å²) >= 11 is 0. The second kappa shape index (κ2) is 13.1. The lowest BCUT2D eigenvalue weighted by atomic mass is 10.0. The van der Waals surface area contributed by atoms with E-state index in [0.717, 1.165) is 18.6 Å². The van der Waals surface area contributed by atoms with Crippen LogP contribution in [0.3, 0.4) is 0 Å². The van der Waals surface area contributed by atoms with Crippen molar-refractivity contribution in [2.45, 2.75) is 52.3 Å². The molecule has 1 atom stereocenters. The minimum Gasteiger partial charge on any atom is -0.479 e. The Morgan fingerprint density at radius 1 is 1.19 bits per heavy atom. The van der Waals surface area contributed by atoms with Crippen molar-refractivity contribution in [3.8, 4) is 17.0 Å². The van der Waals surface area contributed by atoms with Gasteiger partial charge in [0, 0.05) is 18.7 Å². The van der Waals surface area contributed by atoms with Gasteiger partial charge < -0.3 is 14.7 Å². The highest BCUT2D eigenvalue weighted by Gasteiger charge is 2.28. The van der Waals surface area contributed by atoms with E-state index >= 15 is 0 Å². The first-order chi connectivity index (χ1) is 20.2. The van der Waals surface area contributed by atoms with Gasteiger partial charge in [0.05, 0.1) is 35.8 Å². The van der Waals surface area contributed by atoms with E-state index in [2.05, 4.69) is 26.9 Å². The van der Waals surface area contributed by atoms with Gasteiger partial charge in [0.2, 0.25) is 0 Å². The predicted molar refractivity (Wildman–Crippen MR) is 146 cm³/mol. The number of fused-ring (bicyclic) bond motifs is 1. The number of likely N-dealkylation sites (tertiary alicyclic amines) is 1. The zero-order valence-electron chi connectivity index (χ0n) is 23.3. The van der Waals surface area contributed by atoms with Crippen LogP contribution in [0, 0.1) is 12.7 Å². The average molecular weight is 590 g/mol. The number of benzene rings is 1. The number of aromatic nitrogens is 6. The summed E-state index contributed by atoms with van der Waals surface area (Å²) in [7, 11) is 0. The molecule has 4 aromatic rings. The maximum absolute atomic E-state index is 13.8. The van der Waals surface area contributed by atoms with Crippen LogP contribution in [-0.4, -0.2) is 65.1 Å². The van der Waals surface area contributed by atoms with Gasteiger partial charge in [0.15, 0.2) is 11.9 Å². The first-order valence-electron chi connectivity index (χ1n) is 13.4. The Bertz CT molecular complexity index is 1550. The van der Waals surface area contributed by atoms with Gasteiger partial charge in [0.1, 0.15) is 29.1 Å². The van der Waals surface area contributed by atoms with E-state index in [1.54, 1.807) is 17.7 Å². The molecule has 1 unspecified atom stereocenters. The Balaban J connectivity index is 0.00000198. The van der Waals surface area contributed by atoms with Crippen LogP contribution >= 0.6 is 0 Å². The van der Waals surface area contributed by atoms with Gasteiger partial charge in [-0.15, -0.1) is 5.10 Å². The Morgan fingerprint density at radius 2 is 1.90 bits per heavy atom. The lowest BCUT2D eigenvalue weighted by Gasteiger charge is -2.31. The highest BCUT2D eigenvalue weighted by atomic mass is 19.3. The molecule has 1 aliphatic heterocycles. The lowest BCUT2D eigenvalue weighted by Crippen LogP contribution is -2.39. The second-order valence-corrected chi connectivity index (χ2v) is 9.36. The number of halogens is 4. The normalized spacial score (nSPS) is 14.5. The third-order valence-corrected chi connectivity index (χ3v) is 6.89. The van der Waals surface area contributed by atoms with E-state index in [4.69, 9.17) is 4.74 Å². The van der Waals surface area contributed by atoms with Gasteiger partial charge in [0.25, 0.3) is 5.91 Å². The number of aliphatic hydroxyl groups is 1. The largest absolute Gasteiger partial charge is 0.479 e. The summed E-state index contributed by atoms with van der Waals surface area (Å²) in [6.45, 7) is 6.06. The summed E-state index contributed by atoms with van der Waals surface area (Å²) in [5.74, 6) is -2.32. The third kappa shape index (κ3) is 6.12. The molecule has 42 heavy (non-hydrogen) atoms. The van der Waals surface area contributed by atoms with E-state index < -0.39 is 36.8 Å². The highest BCUT2D eigenvalue weighted by Crippen LogP contribution is 2.37. The fraction of sp³-hybridized carbons (Fsp3) is 0.393. The number of hydrogen-bond acceptors (Lipinski definition) is 7. The molecule has 3 aromatic heterocycles. The summed E-state index contributed by atoms with van der Waals surface area (Å²) in [5, 5.41) is 18.6. The first-order valence-corrected chi connectivity index (χ1v) is 13.4. The number of amides is 1. The number of alkyl halides is 2. The van der Waals surface area contributed by atoms with Crippen molar-refractivity contribution in [3.05, 3.63) is 66.4 Å². The van der Waals surface area contributed by atoms with Crippen molar-refractivity contribution < 1.29 is 32.2 Å². The lowest BCUT2D eigenvalue weighted by molar-refractivity contribution is -0.129. The number of carbonyl (C=O) groups excluding carboxylic acids is 1. The topological polar surface area (TPSA) is 111 Å². The van der Waals surface area contributed by atoms with Crippen LogP contribution in [-0.2, 0) is 4.79 Å². The van der Waals surface area contributed by atoms with Crippen molar-refractivity contribution >= 4 is 16.9 Å². The highest BCUT2D eigenvalue weighted by molar-refractivity contribution is 5.90. The molecule has 10 nitrogen and oxygen atoms in total. The minimum absolute atomic E-state index is 0.00385. The number of imidazole rings is 1. The maximum Gasteiger partial charge on any atom is 0.320 e. The van der Waals surface area contributed by atoms with Crippen LogP contribution in [0.1, 0.15) is 56.8 Å². The van der Waals surface area contributed by atoms with Gasteiger partial charge >= 0.3 is 6.55 Å². The molecule has 1 aliphatic rings. The van der Waals surface area contributed by atoms with Crippen LogP contribution in [0.25, 0.3) is 22.3 Å². The number of hydrogen-bond donors (Lipinski definition) is 1. The fourth-order valence-corrected chi connectivity index (χ4v) is 4.87. The average Bonchev–Trinajstić information content (AvgIpc) is 3.61. The van der Waals surface area contributed by atoms with Crippen molar-refractivity contribution in [2.24, 2.45) is 0 Å². The molecule has 0 bridgehead atoms. The molecule has 1 N–H and O–H groups in total.